The predicted molar refractivity (Wildman–Crippen MR) is 261 cm³/mol. The average molecular weight is 972 g/mol. The van der Waals surface area contributed by atoms with Crippen molar-refractivity contribution < 1.29 is 63.8 Å². The van der Waals surface area contributed by atoms with Gasteiger partial charge in [-0.3, -0.25) is 34.4 Å². The number of carbonyl (C=O) groups excluding carboxylic acids is 3. The number of piperazine rings is 1. The van der Waals surface area contributed by atoms with Crippen LogP contribution < -0.4 is 10.1 Å². The minimum atomic E-state index is -2.10. The number of aliphatic hydroxyl groups excluding tert-OH is 2. The van der Waals surface area contributed by atoms with Gasteiger partial charge in [-0.15, -0.1) is 0 Å². The lowest BCUT2D eigenvalue weighted by molar-refractivity contribution is -0.384. The largest absolute Gasteiger partial charge is 0.507 e. The van der Waals surface area contributed by atoms with Crippen molar-refractivity contribution in [2.24, 2.45) is 28.8 Å². The maximum Gasteiger partial charge on any atom is 0.312 e. The van der Waals surface area contributed by atoms with E-state index in [1.165, 1.54) is 71.6 Å². The summed E-state index contributed by atoms with van der Waals surface area (Å²) in [5, 5.41) is 79.2. The third-order valence-corrected chi connectivity index (χ3v) is 13.9. The fourth-order valence-corrected chi connectivity index (χ4v) is 9.76. The lowest BCUT2D eigenvalue weighted by atomic mass is 9.78. The molecule has 1 saturated heterocycles. The van der Waals surface area contributed by atoms with Gasteiger partial charge in [0.05, 0.1) is 70.0 Å². The van der Waals surface area contributed by atoms with Crippen LogP contribution in [0.5, 0.6) is 23.0 Å². The second kappa shape index (κ2) is 21.2. The van der Waals surface area contributed by atoms with E-state index in [1.54, 1.807) is 57.0 Å². The van der Waals surface area contributed by atoms with Gasteiger partial charge in [0.25, 0.3) is 17.4 Å². The number of amides is 1. The molecule has 0 aromatic heterocycles. The summed E-state index contributed by atoms with van der Waals surface area (Å²) in [6, 6.07) is 5.91. The van der Waals surface area contributed by atoms with E-state index in [0.29, 0.717) is 19.6 Å². The molecular formula is C51H65N5O14. The Morgan fingerprint density at radius 3 is 2.19 bits per heavy atom. The summed E-state index contributed by atoms with van der Waals surface area (Å²) in [7, 11) is 1.43. The summed E-state index contributed by atoms with van der Waals surface area (Å²) in [5.74, 6) is -8.81. The summed E-state index contributed by atoms with van der Waals surface area (Å²) in [4.78, 5) is 54.0. The number of carbonyl (C=O) groups is 3. The molecule has 378 valence electrons. The van der Waals surface area contributed by atoms with Gasteiger partial charge >= 0.3 is 11.8 Å². The number of phenols is 3. The van der Waals surface area contributed by atoms with Crippen LogP contribution in [0.2, 0.25) is 0 Å². The van der Waals surface area contributed by atoms with Crippen LogP contribution in [0.25, 0.3) is 10.8 Å². The van der Waals surface area contributed by atoms with Crippen LogP contribution in [0.1, 0.15) is 89.4 Å². The van der Waals surface area contributed by atoms with E-state index in [4.69, 9.17) is 24.0 Å². The molecular weight excluding hydrogens is 907 g/mol. The van der Waals surface area contributed by atoms with Crippen molar-refractivity contribution in [2.45, 2.75) is 118 Å². The highest BCUT2D eigenvalue weighted by Gasteiger charge is 2.50. The van der Waals surface area contributed by atoms with Crippen molar-refractivity contribution in [3.05, 3.63) is 92.8 Å². The van der Waals surface area contributed by atoms with Crippen LogP contribution in [0.3, 0.4) is 0 Å². The second-order valence-electron chi connectivity index (χ2n) is 19.1. The van der Waals surface area contributed by atoms with Gasteiger partial charge < -0.3 is 49.8 Å². The zero-order valence-corrected chi connectivity index (χ0v) is 41.4. The van der Waals surface area contributed by atoms with Gasteiger partial charge in [-0.1, -0.05) is 58.1 Å². The molecule has 4 heterocycles. The van der Waals surface area contributed by atoms with Crippen molar-refractivity contribution in [1.29, 1.82) is 0 Å². The number of phenolic OH excluding ortho intramolecular Hbond substituents is 3. The number of nitrogens with one attached hydrogen (secondary N) is 1. The lowest BCUT2D eigenvalue weighted by Gasteiger charge is -2.42. The molecule has 70 heavy (non-hydrogen) atoms. The number of aliphatic hydroxyl groups is 2. The molecule has 3 aromatic rings. The van der Waals surface area contributed by atoms with Crippen molar-refractivity contribution >= 4 is 46.0 Å². The van der Waals surface area contributed by atoms with E-state index in [9.17, 15) is 50.0 Å². The Morgan fingerprint density at radius 1 is 0.943 bits per heavy atom. The van der Waals surface area contributed by atoms with Crippen molar-refractivity contribution in [3.63, 3.8) is 0 Å². The molecule has 19 heteroatoms. The second-order valence-corrected chi connectivity index (χ2v) is 19.1. The smallest absolute Gasteiger partial charge is 0.312 e. The monoisotopic (exact) mass is 971 g/mol. The Bertz CT molecular complexity index is 2620. The molecule has 0 unspecified atom stereocenters. The predicted octanol–water partition coefficient (Wildman–Crippen LogP) is 6.59. The Hall–Kier alpha value is -6.54. The van der Waals surface area contributed by atoms with Gasteiger partial charge in [0, 0.05) is 92.9 Å². The number of fused-ring (bicyclic) bond motifs is 14. The molecule has 19 nitrogen and oxygen atoms in total. The van der Waals surface area contributed by atoms with Gasteiger partial charge in [-0.2, -0.15) is 5.10 Å². The molecule has 6 N–H and O–H groups in total. The average Bonchev–Trinajstić information content (AvgIpc) is 3.57. The van der Waals surface area contributed by atoms with Gasteiger partial charge in [0.15, 0.2) is 5.75 Å². The van der Waals surface area contributed by atoms with E-state index in [2.05, 4.69) is 10.2 Å². The Kier molecular flexibility index (Phi) is 16.0. The van der Waals surface area contributed by atoms with Gasteiger partial charge in [-0.05, 0) is 39.3 Å². The number of hydrogen-bond acceptors (Lipinski definition) is 17. The van der Waals surface area contributed by atoms with Crippen molar-refractivity contribution in [1.82, 2.24) is 9.91 Å². The molecule has 1 fully saturated rings. The van der Waals surface area contributed by atoms with Gasteiger partial charge in [0.1, 0.15) is 23.4 Å². The lowest BCUT2D eigenvalue weighted by Crippen LogP contribution is -2.54. The number of non-ortho nitro benzene ring substituents is 1. The van der Waals surface area contributed by atoms with Crippen LogP contribution in [0, 0.1) is 40.7 Å². The standard InChI is InChI=1S/C51H65N5O14/c1-25-13-12-14-26(2)50(64)53-41-36(21-52-55-27(3)22-54(23-28(55)4)24-34-15-17-35(18-16-34)56(65)66)45(61)38-39(46(41)62)44(60)32(8)48-40(38)49(63)51(10,70-48)68-20-19-37(67-11)29(5)47(69-33(9)57)31(7)43(59)30(6)42(25)58/h12-21,25,27-31,37,42-43,47,58-62H,22-24H2,1-11H3,(H,53,64)/t25-,27-,28+,29+,30-,31-,37+,42-,43-,47-,51-/m0/s1. The molecule has 0 radical (unpaired) electrons. The number of nitro benzene ring substituents is 1. The van der Waals surface area contributed by atoms with Crippen molar-refractivity contribution in [2.75, 3.05) is 25.5 Å². The molecule has 4 aliphatic heterocycles. The summed E-state index contributed by atoms with van der Waals surface area (Å²) in [5.41, 5.74) is 0.292. The number of hydrogen-bond donors (Lipinski definition) is 6. The molecule has 0 spiro atoms. The van der Waals surface area contributed by atoms with Crippen LogP contribution in [0.4, 0.5) is 11.4 Å². The Labute approximate surface area is 406 Å². The SMILES string of the molecule is CO[C@@H]1C=CO[C@@]2(C)Oc3c(C)c(O)c4c(O)c(c(C=NN5[C@H](C)CN(Cc6ccc([N+](=O)[O-])cc6)C[C@@H]5C)c(O)c4c3C2=O)NC(=O)C(C)=CC=C[C@H](C)[C@H](O)[C@H](C)[C@H](O)[C@H](C)[C@@H](OC(C)=O)[C@@H]1C. The summed E-state index contributed by atoms with van der Waals surface area (Å²) in [6.45, 7) is 17.9. The number of hydrazone groups is 1. The highest BCUT2D eigenvalue weighted by molar-refractivity contribution is 6.23. The molecule has 5 bridgehead atoms. The third-order valence-electron chi connectivity index (χ3n) is 13.9. The number of anilines is 1. The van der Waals surface area contributed by atoms with Crippen LogP contribution in [-0.2, 0) is 30.3 Å². The van der Waals surface area contributed by atoms with E-state index >= 15 is 0 Å². The van der Waals surface area contributed by atoms with Gasteiger partial charge in [-0.25, -0.2) is 0 Å². The van der Waals surface area contributed by atoms with E-state index in [-0.39, 0.29) is 62.2 Å². The Balaban J connectivity index is 1.46. The van der Waals surface area contributed by atoms with Crippen LogP contribution in [0.15, 0.2) is 65.5 Å². The number of nitrogens with zero attached hydrogens (tertiary/aromatic N) is 4. The topological polar surface area (TPSA) is 263 Å². The highest BCUT2D eigenvalue weighted by Crippen LogP contribution is 2.55. The number of ketones is 1. The fraction of sp³-hybridized carbons (Fsp3) is 0.490. The fourth-order valence-electron chi connectivity index (χ4n) is 9.76. The van der Waals surface area contributed by atoms with Crippen LogP contribution in [-0.4, -0.2) is 127 Å². The van der Waals surface area contributed by atoms with E-state index < -0.39 is 93.7 Å². The molecule has 4 aliphatic rings. The van der Waals surface area contributed by atoms with E-state index in [1.807, 2.05) is 13.8 Å². The minimum absolute atomic E-state index is 0.00438. The first-order valence-corrected chi connectivity index (χ1v) is 23.3. The number of aromatic hydroxyl groups is 3. The number of rotatable bonds is 7. The molecule has 1 amide bonds. The first kappa shape index (κ1) is 52.8. The number of nitro groups is 1. The molecule has 0 aliphatic carbocycles. The highest BCUT2D eigenvalue weighted by atomic mass is 16.7. The Morgan fingerprint density at radius 2 is 1.59 bits per heavy atom. The number of ether oxygens (including phenoxy) is 4. The number of allylic oxidation sites excluding steroid dienone is 2. The summed E-state index contributed by atoms with van der Waals surface area (Å²) in [6.07, 6.45) is 4.63. The zero-order chi connectivity index (χ0) is 51.7. The molecule has 3 aromatic carbocycles. The van der Waals surface area contributed by atoms with Crippen LogP contribution >= 0.6 is 0 Å². The maximum absolute atomic E-state index is 14.7. The molecule has 7 rings (SSSR count). The summed E-state index contributed by atoms with van der Waals surface area (Å²) < 4.78 is 23.8. The number of methoxy groups -OCH3 is 1. The zero-order valence-electron chi connectivity index (χ0n) is 41.4. The molecule has 0 saturated carbocycles. The molecule has 11 atom stereocenters. The van der Waals surface area contributed by atoms with Crippen molar-refractivity contribution in [3.8, 4) is 23.0 Å². The van der Waals surface area contributed by atoms with Gasteiger partial charge in [0.2, 0.25) is 0 Å². The first-order valence-electron chi connectivity index (χ1n) is 23.3. The number of esters is 1. The quantitative estimate of drug-likeness (QED) is 0.0364. The third kappa shape index (κ3) is 10.5. The van der Waals surface area contributed by atoms with E-state index in [0.717, 1.165) is 5.56 Å². The maximum atomic E-state index is 14.7. The summed E-state index contributed by atoms with van der Waals surface area (Å²) >= 11 is 0. The minimum Gasteiger partial charge on any atom is -0.507 e. The first-order chi connectivity index (χ1) is 32.9. The number of benzene rings is 3. The number of Topliss-reactive ketones (excluding diaryl/α,β-unsaturated/α-hetero) is 1. The normalized spacial score (nSPS) is 29.3.